The second-order valence-corrected chi connectivity index (χ2v) is 4.44. The van der Waals surface area contributed by atoms with Crippen molar-refractivity contribution in [3.8, 4) is 12.3 Å². The largest absolute Gasteiger partial charge is 0.480 e. The molecule has 1 N–H and O–H groups in total. The van der Waals surface area contributed by atoms with Gasteiger partial charge in [0.2, 0.25) is 5.91 Å². The Morgan fingerprint density at radius 3 is 2.53 bits per heavy atom. The highest BCUT2D eigenvalue weighted by Gasteiger charge is 2.16. The van der Waals surface area contributed by atoms with Crippen molar-refractivity contribution in [2.45, 2.75) is 20.3 Å². The molecule has 100 valence electrons. The highest BCUT2D eigenvalue weighted by atomic mass is 16.4. The molecule has 0 heterocycles. The lowest BCUT2D eigenvalue weighted by Crippen LogP contribution is -2.37. The maximum atomic E-state index is 12.0. The first-order valence-corrected chi connectivity index (χ1v) is 5.93. The number of carbonyl (C=O) groups is 2. The van der Waals surface area contributed by atoms with Crippen LogP contribution < -0.4 is 0 Å². The summed E-state index contributed by atoms with van der Waals surface area (Å²) in [6.07, 6.45) is 5.31. The summed E-state index contributed by atoms with van der Waals surface area (Å²) in [5, 5.41) is 8.74. The molecule has 4 nitrogen and oxygen atoms in total. The van der Waals surface area contributed by atoms with E-state index in [1.807, 2.05) is 32.0 Å². The minimum absolute atomic E-state index is 0.00990. The molecule has 0 radical (unpaired) electrons. The summed E-state index contributed by atoms with van der Waals surface area (Å²) in [5.41, 5.74) is 3.12. The maximum absolute atomic E-state index is 12.0. The van der Waals surface area contributed by atoms with E-state index in [4.69, 9.17) is 11.5 Å². The fraction of sp³-hybridized carbons (Fsp3) is 0.333. The van der Waals surface area contributed by atoms with Crippen LogP contribution in [-0.4, -0.2) is 35.0 Å². The zero-order valence-corrected chi connectivity index (χ0v) is 11.1. The van der Waals surface area contributed by atoms with Crippen molar-refractivity contribution in [3.05, 3.63) is 34.9 Å². The summed E-state index contributed by atoms with van der Waals surface area (Å²) < 4.78 is 0. The smallest absolute Gasteiger partial charge is 0.323 e. The number of rotatable bonds is 5. The maximum Gasteiger partial charge on any atom is 0.323 e. The number of amides is 1. The molecule has 0 fully saturated rings. The molecule has 0 aliphatic carbocycles. The minimum Gasteiger partial charge on any atom is -0.480 e. The molecule has 0 aliphatic rings. The van der Waals surface area contributed by atoms with Crippen LogP contribution in [0, 0.1) is 26.2 Å². The lowest BCUT2D eigenvalue weighted by atomic mass is 10.0. The molecular weight excluding hydrogens is 242 g/mol. The van der Waals surface area contributed by atoms with E-state index in [1.54, 1.807) is 0 Å². The van der Waals surface area contributed by atoms with Gasteiger partial charge >= 0.3 is 5.97 Å². The molecule has 1 amide bonds. The lowest BCUT2D eigenvalue weighted by molar-refractivity contribution is -0.143. The Morgan fingerprint density at radius 2 is 2.00 bits per heavy atom. The van der Waals surface area contributed by atoms with Gasteiger partial charge in [-0.2, -0.15) is 0 Å². The van der Waals surface area contributed by atoms with Crippen LogP contribution in [0.1, 0.15) is 16.7 Å². The summed E-state index contributed by atoms with van der Waals surface area (Å²) >= 11 is 0. The average Bonchev–Trinajstić information content (AvgIpc) is 2.33. The van der Waals surface area contributed by atoms with E-state index >= 15 is 0 Å². The molecule has 0 bridgehead atoms. The van der Waals surface area contributed by atoms with Crippen molar-refractivity contribution >= 4 is 11.9 Å². The van der Waals surface area contributed by atoms with Crippen LogP contribution in [0.4, 0.5) is 0 Å². The monoisotopic (exact) mass is 259 g/mol. The summed E-state index contributed by atoms with van der Waals surface area (Å²) in [6, 6.07) is 5.75. The lowest BCUT2D eigenvalue weighted by Gasteiger charge is -2.18. The number of aliphatic carboxylic acids is 1. The van der Waals surface area contributed by atoms with E-state index in [2.05, 4.69) is 5.92 Å². The van der Waals surface area contributed by atoms with Gasteiger partial charge in [0.1, 0.15) is 6.54 Å². The van der Waals surface area contributed by atoms with Gasteiger partial charge in [-0.3, -0.25) is 9.59 Å². The van der Waals surface area contributed by atoms with Gasteiger partial charge in [-0.15, -0.1) is 6.42 Å². The van der Waals surface area contributed by atoms with Gasteiger partial charge in [-0.1, -0.05) is 24.1 Å². The predicted octanol–water partition coefficient (Wildman–Crippen LogP) is 1.39. The van der Waals surface area contributed by atoms with Crippen molar-refractivity contribution in [2.24, 2.45) is 0 Å². The fourth-order valence-electron chi connectivity index (χ4n) is 1.71. The minimum atomic E-state index is -1.07. The van der Waals surface area contributed by atoms with Gasteiger partial charge in [-0.05, 0) is 30.5 Å². The third kappa shape index (κ3) is 4.47. The normalized spacial score (nSPS) is 9.74. The number of hydrogen-bond donors (Lipinski definition) is 1. The first kappa shape index (κ1) is 14.8. The van der Waals surface area contributed by atoms with E-state index in [9.17, 15) is 9.59 Å². The van der Waals surface area contributed by atoms with Crippen LogP contribution >= 0.6 is 0 Å². The van der Waals surface area contributed by atoms with Gasteiger partial charge in [0.15, 0.2) is 0 Å². The van der Waals surface area contributed by atoms with Crippen molar-refractivity contribution in [1.29, 1.82) is 0 Å². The Hall–Kier alpha value is -2.28. The van der Waals surface area contributed by atoms with Crippen LogP contribution in [0.5, 0.6) is 0 Å². The van der Waals surface area contributed by atoms with Gasteiger partial charge < -0.3 is 10.0 Å². The van der Waals surface area contributed by atoms with Crippen LogP contribution in [-0.2, 0) is 16.0 Å². The molecule has 0 aromatic heterocycles. The average molecular weight is 259 g/mol. The Kier molecular flexibility index (Phi) is 5.13. The van der Waals surface area contributed by atoms with Crippen LogP contribution in [0.2, 0.25) is 0 Å². The van der Waals surface area contributed by atoms with Gasteiger partial charge in [0, 0.05) is 0 Å². The van der Waals surface area contributed by atoms with Crippen molar-refractivity contribution in [3.63, 3.8) is 0 Å². The predicted molar refractivity (Wildman–Crippen MR) is 72.7 cm³/mol. The Morgan fingerprint density at radius 1 is 1.32 bits per heavy atom. The molecule has 0 saturated carbocycles. The fourth-order valence-corrected chi connectivity index (χ4v) is 1.71. The molecule has 0 saturated heterocycles. The topological polar surface area (TPSA) is 57.6 Å². The Bertz CT molecular complexity index is 529. The highest BCUT2D eigenvalue weighted by molar-refractivity contribution is 5.83. The van der Waals surface area contributed by atoms with Crippen LogP contribution in [0.25, 0.3) is 0 Å². The van der Waals surface area contributed by atoms with Gasteiger partial charge in [0.25, 0.3) is 0 Å². The zero-order chi connectivity index (χ0) is 14.4. The number of terminal acetylenes is 1. The number of carboxylic acid groups (broad SMARTS) is 1. The summed E-state index contributed by atoms with van der Waals surface area (Å²) in [6.45, 7) is 3.61. The summed E-state index contributed by atoms with van der Waals surface area (Å²) in [7, 11) is 0. The Balaban J connectivity index is 2.78. The second-order valence-electron chi connectivity index (χ2n) is 4.44. The molecular formula is C15H17NO3. The summed E-state index contributed by atoms with van der Waals surface area (Å²) in [5.74, 6) is 0.962. The quantitative estimate of drug-likeness (QED) is 0.813. The number of benzene rings is 1. The van der Waals surface area contributed by atoms with E-state index < -0.39 is 5.97 Å². The standard InChI is InChI=1S/C15H17NO3/c1-4-7-16(10-15(18)19)14(17)9-13-6-5-11(2)12(3)8-13/h1,5-6,8H,7,9-10H2,2-3H3,(H,18,19). The van der Waals surface area contributed by atoms with E-state index in [0.717, 1.165) is 21.6 Å². The van der Waals surface area contributed by atoms with E-state index in [-0.39, 0.29) is 25.4 Å². The number of carbonyl (C=O) groups excluding carboxylic acids is 1. The SMILES string of the molecule is C#CCN(CC(=O)O)C(=O)Cc1ccc(C)c(C)c1. The number of carboxylic acids is 1. The summed E-state index contributed by atoms with van der Waals surface area (Å²) in [4.78, 5) is 23.8. The zero-order valence-electron chi connectivity index (χ0n) is 11.1. The first-order chi connectivity index (χ1) is 8.93. The molecule has 1 rings (SSSR count). The number of hydrogen-bond acceptors (Lipinski definition) is 2. The third-order valence-electron chi connectivity index (χ3n) is 2.89. The van der Waals surface area contributed by atoms with Crippen LogP contribution in [0.15, 0.2) is 18.2 Å². The molecule has 0 atom stereocenters. The Labute approximate surface area is 113 Å². The molecule has 0 unspecified atom stereocenters. The number of nitrogens with zero attached hydrogens (tertiary/aromatic N) is 1. The molecule has 19 heavy (non-hydrogen) atoms. The molecule has 1 aromatic rings. The van der Waals surface area contributed by atoms with Crippen molar-refractivity contribution in [1.82, 2.24) is 4.90 Å². The second kappa shape index (κ2) is 6.60. The molecule has 4 heteroatoms. The van der Waals surface area contributed by atoms with Crippen molar-refractivity contribution < 1.29 is 14.7 Å². The van der Waals surface area contributed by atoms with E-state index in [1.165, 1.54) is 0 Å². The highest BCUT2D eigenvalue weighted by Crippen LogP contribution is 2.11. The third-order valence-corrected chi connectivity index (χ3v) is 2.89. The molecule has 0 aliphatic heterocycles. The molecule has 0 spiro atoms. The van der Waals surface area contributed by atoms with Crippen molar-refractivity contribution in [2.75, 3.05) is 13.1 Å². The number of aryl methyl sites for hydroxylation is 2. The van der Waals surface area contributed by atoms with Gasteiger partial charge in [0.05, 0.1) is 13.0 Å². The van der Waals surface area contributed by atoms with Crippen LogP contribution in [0.3, 0.4) is 0 Å². The molecule has 1 aromatic carbocycles. The van der Waals surface area contributed by atoms with E-state index in [0.29, 0.717) is 0 Å². The van der Waals surface area contributed by atoms with Gasteiger partial charge in [-0.25, -0.2) is 0 Å². The first-order valence-electron chi connectivity index (χ1n) is 5.93.